The van der Waals surface area contributed by atoms with Gasteiger partial charge in [0.2, 0.25) is 11.8 Å². The van der Waals surface area contributed by atoms with Crippen molar-refractivity contribution >= 4 is 51.2 Å². The predicted octanol–water partition coefficient (Wildman–Crippen LogP) is 5.14. The van der Waals surface area contributed by atoms with Gasteiger partial charge in [-0.05, 0) is 22.6 Å². The van der Waals surface area contributed by atoms with Crippen molar-refractivity contribution in [2.24, 2.45) is 0 Å². The summed E-state index contributed by atoms with van der Waals surface area (Å²) in [6.45, 7) is 0.403. The van der Waals surface area contributed by atoms with Crippen molar-refractivity contribution in [1.29, 1.82) is 0 Å². The van der Waals surface area contributed by atoms with E-state index in [1.807, 2.05) is 89.9 Å². The molecule has 0 atom stereocenters. The zero-order chi connectivity index (χ0) is 23.8. The molecule has 0 radical (unpaired) electrons. The molecule has 8 nitrogen and oxygen atoms in total. The number of benzene rings is 3. The van der Waals surface area contributed by atoms with Gasteiger partial charge in [0.25, 0.3) is 5.91 Å². The molecule has 1 amide bonds. The van der Waals surface area contributed by atoms with Gasteiger partial charge in [-0.1, -0.05) is 95.4 Å². The number of para-hydroxylation sites is 1. The van der Waals surface area contributed by atoms with Gasteiger partial charge in [-0.3, -0.25) is 9.89 Å². The predicted molar refractivity (Wildman–Crippen MR) is 142 cm³/mol. The molecule has 0 aliphatic rings. The van der Waals surface area contributed by atoms with Crippen molar-refractivity contribution < 1.29 is 4.79 Å². The molecule has 2 heterocycles. The third-order valence-corrected chi connectivity index (χ3v) is 4.86. The maximum Gasteiger partial charge on any atom is 0.288 e. The number of aromatic nitrogens is 5. The molecular weight excluding hydrogens is 541 g/mol. The van der Waals surface area contributed by atoms with Gasteiger partial charge in [-0.25, -0.2) is 9.97 Å². The van der Waals surface area contributed by atoms with Crippen molar-refractivity contribution in [3.8, 4) is 11.4 Å². The molecule has 0 saturated carbocycles. The second kappa shape index (κ2) is 11.3. The van der Waals surface area contributed by atoms with Crippen LogP contribution in [0.1, 0.15) is 16.2 Å². The summed E-state index contributed by atoms with van der Waals surface area (Å²) in [7, 11) is 0. The van der Waals surface area contributed by atoms with Crippen LogP contribution in [0.5, 0.6) is 0 Å². The Balaban J connectivity index is 0.00000133. The van der Waals surface area contributed by atoms with Crippen molar-refractivity contribution in [2.75, 3.05) is 10.2 Å². The Kier molecular flexibility index (Phi) is 7.76. The van der Waals surface area contributed by atoms with Crippen molar-refractivity contribution in [1.82, 2.24) is 30.5 Å². The first-order valence-corrected chi connectivity index (χ1v) is 12.6. The fourth-order valence-electron chi connectivity index (χ4n) is 3.28. The van der Waals surface area contributed by atoms with Gasteiger partial charge in [0.1, 0.15) is 5.82 Å². The topological polar surface area (TPSA) is 108 Å². The summed E-state index contributed by atoms with van der Waals surface area (Å²) in [5.74, 6) is 1.17. The first kappa shape index (κ1) is 23.3. The molecule has 0 aliphatic heterocycles. The molecule has 0 aliphatic carbocycles. The lowest BCUT2D eigenvalue weighted by molar-refractivity contribution is 0.0941. The Morgan fingerprint density at radius 1 is 0.853 bits per heavy atom. The van der Waals surface area contributed by atoms with Crippen LogP contribution >= 0.6 is 22.6 Å². The SMILES string of the molecule is CI.O=C(NCc1ccccc1)c1nc(Nc2nc(-c3ccccc3)nc3ccccc23)n[nH]1. The monoisotopic (exact) mass is 563 g/mol. The van der Waals surface area contributed by atoms with Gasteiger partial charge in [-0.15, -0.1) is 5.10 Å². The van der Waals surface area contributed by atoms with E-state index in [0.29, 0.717) is 18.2 Å². The summed E-state index contributed by atoms with van der Waals surface area (Å²) >= 11 is 2.15. The molecule has 0 unspecified atom stereocenters. The van der Waals surface area contributed by atoms with Crippen LogP contribution in [-0.4, -0.2) is 36.0 Å². The molecule has 2 aromatic heterocycles. The molecule has 34 heavy (non-hydrogen) atoms. The standard InChI is InChI=1S/C24H19N7O.CH3I/c32-23(25-15-16-9-3-1-4-10-16)22-29-24(31-30-22)28-21-18-13-7-8-14-19(18)26-20(27-21)17-11-5-2-6-12-17;1-2/h1-14H,15H2,(H,25,32)(H2,26,27,28,29,30,31);1H3. The van der Waals surface area contributed by atoms with E-state index < -0.39 is 0 Å². The summed E-state index contributed by atoms with van der Waals surface area (Å²) in [6.07, 6.45) is 0. The number of amides is 1. The molecule has 0 saturated heterocycles. The number of nitrogens with zero attached hydrogens (tertiary/aromatic N) is 4. The molecule has 0 spiro atoms. The van der Waals surface area contributed by atoms with Gasteiger partial charge in [0.05, 0.1) is 5.52 Å². The largest absolute Gasteiger partial charge is 0.345 e. The molecule has 0 fully saturated rings. The van der Waals surface area contributed by atoms with Gasteiger partial charge < -0.3 is 10.6 Å². The van der Waals surface area contributed by atoms with Crippen LogP contribution in [0.2, 0.25) is 0 Å². The number of alkyl halides is 1. The molecule has 3 aromatic carbocycles. The smallest absolute Gasteiger partial charge is 0.288 e. The summed E-state index contributed by atoms with van der Waals surface area (Å²) in [4.78, 5) is 28.0. The van der Waals surface area contributed by atoms with Crippen LogP contribution in [-0.2, 0) is 6.54 Å². The second-order valence-electron chi connectivity index (χ2n) is 7.08. The quantitative estimate of drug-likeness (QED) is 0.195. The lowest BCUT2D eigenvalue weighted by Gasteiger charge is -2.09. The van der Waals surface area contributed by atoms with Crippen molar-refractivity contribution in [3.63, 3.8) is 0 Å². The number of hydrogen-bond acceptors (Lipinski definition) is 6. The highest BCUT2D eigenvalue weighted by atomic mass is 127. The van der Waals surface area contributed by atoms with E-state index in [2.05, 4.69) is 58.4 Å². The Morgan fingerprint density at radius 3 is 2.29 bits per heavy atom. The molecule has 5 aromatic rings. The minimum Gasteiger partial charge on any atom is -0.345 e. The number of aromatic amines is 1. The first-order valence-electron chi connectivity index (χ1n) is 10.5. The Morgan fingerprint density at radius 2 is 1.53 bits per heavy atom. The first-order chi connectivity index (χ1) is 16.8. The van der Waals surface area contributed by atoms with Crippen LogP contribution in [0.4, 0.5) is 11.8 Å². The molecule has 170 valence electrons. The van der Waals surface area contributed by atoms with E-state index in [4.69, 9.17) is 0 Å². The van der Waals surface area contributed by atoms with Crippen LogP contribution in [0, 0.1) is 0 Å². The van der Waals surface area contributed by atoms with E-state index in [1.165, 1.54) is 0 Å². The summed E-state index contributed by atoms with van der Waals surface area (Å²) in [5, 5.41) is 13.6. The highest BCUT2D eigenvalue weighted by Crippen LogP contribution is 2.26. The van der Waals surface area contributed by atoms with E-state index in [0.717, 1.165) is 22.0 Å². The van der Waals surface area contributed by atoms with E-state index in [-0.39, 0.29) is 17.7 Å². The number of halogens is 1. The number of carbonyl (C=O) groups excluding carboxylic acids is 1. The van der Waals surface area contributed by atoms with Gasteiger partial charge in [0.15, 0.2) is 5.82 Å². The summed E-state index contributed by atoms with van der Waals surface area (Å²) in [6, 6.07) is 27.1. The average Bonchev–Trinajstić information content (AvgIpc) is 3.38. The molecule has 5 rings (SSSR count). The summed E-state index contributed by atoms with van der Waals surface area (Å²) < 4.78 is 0. The molecule has 0 bridgehead atoms. The van der Waals surface area contributed by atoms with E-state index in [9.17, 15) is 4.79 Å². The maximum atomic E-state index is 12.4. The number of hydrogen-bond donors (Lipinski definition) is 3. The second-order valence-corrected chi connectivity index (χ2v) is 7.08. The number of anilines is 2. The van der Waals surface area contributed by atoms with Crippen LogP contribution < -0.4 is 10.6 Å². The number of rotatable bonds is 6. The lowest BCUT2D eigenvalue weighted by Crippen LogP contribution is -2.24. The highest BCUT2D eigenvalue weighted by Gasteiger charge is 2.14. The van der Waals surface area contributed by atoms with E-state index >= 15 is 0 Å². The zero-order valence-electron chi connectivity index (χ0n) is 18.4. The highest BCUT2D eigenvalue weighted by molar-refractivity contribution is 14.1. The average molecular weight is 563 g/mol. The fourth-order valence-corrected chi connectivity index (χ4v) is 3.28. The normalized spacial score (nSPS) is 10.3. The zero-order valence-corrected chi connectivity index (χ0v) is 20.5. The molecule has 3 N–H and O–H groups in total. The third-order valence-electron chi connectivity index (χ3n) is 4.86. The number of nitrogens with one attached hydrogen (secondary N) is 3. The number of fused-ring (bicyclic) bond motifs is 1. The summed E-state index contributed by atoms with van der Waals surface area (Å²) in [5.41, 5.74) is 2.69. The van der Waals surface area contributed by atoms with Crippen molar-refractivity contribution in [3.05, 3.63) is 96.3 Å². The minimum absolute atomic E-state index is 0.116. The number of H-pyrrole nitrogens is 1. The van der Waals surface area contributed by atoms with Crippen LogP contribution in [0.3, 0.4) is 0 Å². The third kappa shape index (κ3) is 5.54. The lowest BCUT2D eigenvalue weighted by atomic mass is 10.2. The molecular formula is C25H22IN7O. The maximum absolute atomic E-state index is 12.4. The Labute approximate surface area is 210 Å². The van der Waals surface area contributed by atoms with Crippen LogP contribution in [0.25, 0.3) is 22.3 Å². The fraction of sp³-hybridized carbons (Fsp3) is 0.0800. The van der Waals surface area contributed by atoms with Crippen LogP contribution in [0.15, 0.2) is 84.9 Å². The molecule has 9 heteroatoms. The van der Waals surface area contributed by atoms with Crippen molar-refractivity contribution in [2.45, 2.75) is 6.54 Å². The minimum atomic E-state index is -0.341. The Hall–Kier alpha value is -3.86. The van der Waals surface area contributed by atoms with Gasteiger partial charge >= 0.3 is 0 Å². The Bertz CT molecular complexity index is 1370. The van der Waals surface area contributed by atoms with Gasteiger partial charge in [-0.2, -0.15) is 4.98 Å². The number of carbonyl (C=O) groups is 1. The van der Waals surface area contributed by atoms with E-state index in [1.54, 1.807) is 0 Å². The van der Waals surface area contributed by atoms with Gasteiger partial charge in [0, 0.05) is 17.5 Å².